The number of anilines is 1. The number of hydrogen-bond acceptors (Lipinski definition) is 8. The van der Waals surface area contributed by atoms with E-state index in [1.165, 1.54) is 6.42 Å². The van der Waals surface area contributed by atoms with E-state index < -0.39 is 0 Å². The standard InChI is InChI=1S/C22H27N9O/c1-22(15-23)9-11-29(12-10-22)21-26-25-20(30(21)14-19-4-2-3-13-32-19)17-5-7-18(8-6-17)31-16-24-27-28-31/h5-8,16,19H,2-4,9-14H2,1H3. The molecule has 5 rings (SSSR count). The Morgan fingerprint density at radius 1 is 1.16 bits per heavy atom. The quantitative estimate of drug-likeness (QED) is 0.604. The van der Waals surface area contributed by atoms with Crippen molar-refractivity contribution in [2.24, 2.45) is 5.41 Å². The fraction of sp³-hybridized carbons (Fsp3) is 0.545. The molecule has 2 aromatic heterocycles. The summed E-state index contributed by atoms with van der Waals surface area (Å²) in [5, 5.41) is 30.0. The van der Waals surface area contributed by atoms with E-state index in [0.29, 0.717) is 0 Å². The van der Waals surface area contributed by atoms with Crippen LogP contribution >= 0.6 is 0 Å². The first-order valence-electron chi connectivity index (χ1n) is 11.2. The Morgan fingerprint density at radius 2 is 1.97 bits per heavy atom. The van der Waals surface area contributed by atoms with Crippen molar-refractivity contribution < 1.29 is 4.74 Å². The average Bonchev–Trinajstić information content (AvgIpc) is 3.51. The molecule has 4 heterocycles. The molecule has 0 spiro atoms. The predicted octanol–water partition coefficient (Wildman–Crippen LogP) is 2.62. The van der Waals surface area contributed by atoms with Gasteiger partial charge in [0.25, 0.3) is 0 Å². The maximum Gasteiger partial charge on any atom is 0.227 e. The van der Waals surface area contributed by atoms with Gasteiger partial charge in [-0.15, -0.1) is 15.3 Å². The molecule has 0 bridgehead atoms. The van der Waals surface area contributed by atoms with Gasteiger partial charge in [-0.2, -0.15) is 5.26 Å². The minimum Gasteiger partial charge on any atom is -0.376 e. The number of ether oxygens (including phenoxy) is 1. The van der Waals surface area contributed by atoms with Crippen LogP contribution < -0.4 is 4.90 Å². The summed E-state index contributed by atoms with van der Waals surface area (Å²) in [4.78, 5) is 2.26. The Kier molecular flexibility index (Phi) is 5.57. The van der Waals surface area contributed by atoms with Gasteiger partial charge in [0.05, 0.1) is 29.8 Å². The molecule has 0 amide bonds. The zero-order chi connectivity index (χ0) is 22.0. The van der Waals surface area contributed by atoms with E-state index in [4.69, 9.17) is 4.74 Å². The summed E-state index contributed by atoms with van der Waals surface area (Å²) < 4.78 is 9.85. The third-order valence-corrected chi connectivity index (χ3v) is 6.55. The van der Waals surface area contributed by atoms with Crippen LogP contribution in [0.15, 0.2) is 30.6 Å². The molecule has 2 fully saturated rings. The number of rotatable bonds is 5. The average molecular weight is 434 g/mol. The van der Waals surface area contributed by atoms with Crippen molar-refractivity contribution in [2.75, 3.05) is 24.6 Å². The number of tetrazole rings is 1. The van der Waals surface area contributed by atoms with E-state index in [1.54, 1.807) is 11.0 Å². The van der Waals surface area contributed by atoms with Crippen LogP contribution in [0.1, 0.15) is 39.0 Å². The largest absolute Gasteiger partial charge is 0.376 e. The molecule has 166 valence electrons. The van der Waals surface area contributed by atoms with Gasteiger partial charge in [0.1, 0.15) is 6.33 Å². The zero-order valence-corrected chi connectivity index (χ0v) is 18.3. The third-order valence-electron chi connectivity index (χ3n) is 6.55. The van der Waals surface area contributed by atoms with Gasteiger partial charge in [-0.3, -0.25) is 4.57 Å². The third kappa shape index (κ3) is 4.08. The van der Waals surface area contributed by atoms with E-state index in [1.807, 2.05) is 31.2 Å². The summed E-state index contributed by atoms with van der Waals surface area (Å²) in [6.07, 6.45) is 6.73. The van der Waals surface area contributed by atoms with Gasteiger partial charge in [0.15, 0.2) is 5.82 Å². The van der Waals surface area contributed by atoms with Gasteiger partial charge >= 0.3 is 0 Å². The van der Waals surface area contributed by atoms with Crippen molar-refractivity contribution in [1.82, 2.24) is 35.0 Å². The topological polar surface area (TPSA) is 111 Å². The van der Waals surface area contributed by atoms with Gasteiger partial charge in [0, 0.05) is 25.3 Å². The maximum absolute atomic E-state index is 9.49. The second-order valence-corrected chi connectivity index (χ2v) is 8.88. The van der Waals surface area contributed by atoms with Gasteiger partial charge in [-0.25, -0.2) is 4.68 Å². The van der Waals surface area contributed by atoms with Gasteiger partial charge < -0.3 is 9.64 Å². The number of nitriles is 1. The minimum atomic E-state index is -0.261. The molecule has 0 saturated carbocycles. The molecule has 2 aliphatic rings. The second-order valence-electron chi connectivity index (χ2n) is 8.88. The van der Waals surface area contributed by atoms with Crippen molar-refractivity contribution in [3.63, 3.8) is 0 Å². The monoisotopic (exact) mass is 433 g/mol. The smallest absolute Gasteiger partial charge is 0.227 e. The van der Waals surface area contributed by atoms with Crippen LogP contribution in [-0.2, 0) is 11.3 Å². The fourth-order valence-electron chi connectivity index (χ4n) is 4.42. The maximum atomic E-state index is 9.49. The van der Waals surface area contributed by atoms with Crippen molar-refractivity contribution in [2.45, 2.75) is 51.7 Å². The highest BCUT2D eigenvalue weighted by molar-refractivity contribution is 5.59. The molecule has 1 unspecified atom stereocenters. The fourth-order valence-corrected chi connectivity index (χ4v) is 4.42. The summed E-state index contributed by atoms with van der Waals surface area (Å²) in [6, 6.07) is 10.5. The van der Waals surface area contributed by atoms with E-state index in [9.17, 15) is 5.26 Å². The van der Waals surface area contributed by atoms with Gasteiger partial charge in [-0.05, 0) is 73.7 Å². The summed E-state index contributed by atoms with van der Waals surface area (Å²) in [5.41, 5.74) is 1.60. The molecule has 10 nitrogen and oxygen atoms in total. The minimum absolute atomic E-state index is 0.159. The van der Waals surface area contributed by atoms with Gasteiger partial charge in [-0.1, -0.05) is 0 Å². The van der Waals surface area contributed by atoms with Crippen LogP contribution in [0.25, 0.3) is 17.1 Å². The summed E-state index contributed by atoms with van der Waals surface area (Å²) in [6.45, 7) is 5.17. The predicted molar refractivity (Wildman–Crippen MR) is 117 cm³/mol. The second kappa shape index (κ2) is 8.67. The highest BCUT2D eigenvalue weighted by Crippen LogP contribution is 2.33. The zero-order valence-electron chi connectivity index (χ0n) is 18.3. The van der Waals surface area contributed by atoms with Gasteiger partial charge in [0.2, 0.25) is 5.95 Å². The Labute approximate surface area is 186 Å². The van der Waals surface area contributed by atoms with Crippen LogP contribution in [0, 0.1) is 16.7 Å². The molecule has 2 aliphatic heterocycles. The van der Waals surface area contributed by atoms with E-state index >= 15 is 0 Å². The SMILES string of the molecule is CC1(C#N)CCN(c2nnc(-c3ccc(-n4cnnn4)cc3)n2CC2CCCCO2)CC1. The Morgan fingerprint density at radius 3 is 2.62 bits per heavy atom. The molecule has 1 aromatic carbocycles. The van der Waals surface area contributed by atoms with Crippen molar-refractivity contribution in [1.29, 1.82) is 5.26 Å². The Balaban J connectivity index is 1.45. The number of piperidine rings is 1. The lowest BCUT2D eigenvalue weighted by Crippen LogP contribution is -2.40. The van der Waals surface area contributed by atoms with Crippen molar-refractivity contribution >= 4 is 5.95 Å². The first-order chi connectivity index (χ1) is 15.6. The molecule has 0 aliphatic carbocycles. The molecule has 0 N–H and O–H groups in total. The lowest BCUT2D eigenvalue weighted by molar-refractivity contribution is 0.00634. The molecular formula is C22H27N9O. The van der Waals surface area contributed by atoms with Crippen molar-refractivity contribution in [3.05, 3.63) is 30.6 Å². The lowest BCUT2D eigenvalue weighted by Gasteiger charge is -2.36. The van der Waals surface area contributed by atoms with Crippen molar-refractivity contribution in [3.8, 4) is 23.1 Å². The molecule has 2 saturated heterocycles. The summed E-state index contributed by atoms with van der Waals surface area (Å²) in [5.74, 6) is 1.68. The van der Waals surface area contributed by atoms with Crippen LogP contribution in [0.2, 0.25) is 0 Å². The first kappa shape index (κ1) is 20.6. The summed E-state index contributed by atoms with van der Waals surface area (Å²) in [7, 11) is 0. The number of aromatic nitrogens is 7. The van der Waals surface area contributed by atoms with Crippen LogP contribution in [0.3, 0.4) is 0 Å². The molecule has 1 atom stereocenters. The Hall–Kier alpha value is -3.32. The van der Waals surface area contributed by atoms with E-state index in [0.717, 1.165) is 74.9 Å². The lowest BCUT2D eigenvalue weighted by atomic mass is 9.82. The summed E-state index contributed by atoms with van der Waals surface area (Å²) >= 11 is 0. The molecule has 32 heavy (non-hydrogen) atoms. The highest BCUT2D eigenvalue weighted by atomic mass is 16.5. The van der Waals surface area contributed by atoms with E-state index in [2.05, 4.69) is 41.3 Å². The van der Waals surface area contributed by atoms with Crippen LogP contribution in [0.5, 0.6) is 0 Å². The molecule has 0 radical (unpaired) electrons. The van der Waals surface area contributed by atoms with Crippen LogP contribution in [0.4, 0.5) is 5.95 Å². The number of nitrogens with zero attached hydrogens (tertiary/aromatic N) is 9. The Bertz CT molecular complexity index is 1070. The number of benzene rings is 1. The number of hydrogen-bond donors (Lipinski definition) is 0. The normalized spacial score (nSPS) is 20.8. The van der Waals surface area contributed by atoms with Crippen LogP contribution in [-0.4, -0.2) is 60.8 Å². The first-order valence-corrected chi connectivity index (χ1v) is 11.2. The molecular weight excluding hydrogens is 406 g/mol. The van der Waals surface area contributed by atoms with E-state index in [-0.39, 0.29) is 11.5 Å². The molecule has 3 aromatic rings. The highest BCUT2D eigenvalue weighted by Gasteiger charge is 2.32. The molecule has 10 heteroatoms.